The zero-order valence-electron chi connectivity index (χ0n) is 9.86. The number of hydrogen-bond donors (Lipinski definition) is 2. The van der Waals surface area contributed by atoms with Crippen molar-refractivity contribution in [1.82, 2.24) is 20.1 Å². The second kappa shape index (κ2) is 4.06. The molecule has 2 rings (SSSR count). The van der Waals surface area contributed by atoms with Gasteiger partial charge in [0, 0.05) is 7.05 Å². The molecule has 92 valence electrons. The van der Waals surface area contributed by atoms with Crippen LogP contribution in [0.3, 0.4) is 0 Å². The summed E-state index contributed by atoms with van der Waals surface area (Å²) in [7, 11) is 1.71. The third-order valence-corrected chi connectivity index (χ3v) is 3.39. The molecule has 3 N–H and O–H groups in total. The summed E-state index contributed by atoms with van der Waals surface area (Å²) in [5.74, 6) is 1.29. The number of aromatic nitrogens is 3. The average Bonchev–Trinajstić information content (AvgIpc) is 2.98. The van der Waals surface area contributed by atoms with Crippen molar-refractivity contribution in [1.29, 1.82) is 0 Å². The van der Waals surface area contributed by atoms with Crippen molar-refractivity contribution in [2.75, 3.05) is 7.05 Å². The van der Waals surface area contributed by atoms with Crippen molar-refractivity contribution in [3.05, 3.63) is 11.6 Å². The molecule has 1 aliphatic carbocycles. The van der Waals surface area contributed by atoms with Gasteiger partial charge in [-0.15, -0.1) is 0 Å². The third kappa shape index (κ3) is 2.14. The number of rotatable bonds is 4. The molecule has 0 aliphatic heterocycles. The van der Waals surface area contributed by atoms with Crippen LogP contribution in [0.15, 0.2) is 0 Å². The quantitative estimate of drug-likeness (QED) is 0.745. The predicted molar refractivity (Wildman–Crippen MR) is 66.0 cm³/mol. The first-order valence-electron chi connectivity index (χ1n) is 5.39. The lowest BCUT2D eigenvalue weighted by Crippen LogP contribution is -2.40. The Morgan fingerprint density at radius 2 is 2.29 bits per heavy atom. The smallest absolute Gasteiger partial charge is 0.235 e. The van der Waals surface area contributed by atoms with E-state index >= 15 is 0 Å². The summed E-state index contributed by atoms with van der Waals surface area (Å²) in [5, 5.41) is 6.73. The first-order chi connectivity index (χ1) is 7.95. The molecule has 1 aromatic rings. The van der Waals surface area contributed by atoms with Gasteiger partial charge in [-0.1, -0.05) is 12.2 Å². The lowest BCUT2D eigenvalue weighted by Gasteiger charge is -2.21. The molecular formula is C10H15N5OS. The van der Waals surface area contributed by atoms with Gasteiger partial charge >= 0.3 is 0 Å². The van der Waals surface area contributed by atoms with Crippen molar-refractivity contribution < 1.29 is 4.79 Å². The van der Waals surface area contributed by atoms with E-state index in [1.807, 2.05) is 6.92 Å². The van der Waals surface area contributed by atoms with E-state index in [9.17, 15) is 4.79 Å². The van der Waals surface area contributed by atoms with Crippen molar-refractivity contribution in [3.8, 4) is 0 Å². The number of H-pyrrole nitrogens is 1. The molecule has 1 fully saturated rings. The van der Waals surface area contributed by atoms with Crippen LogP contribution >= 0.6 is 12.2 Å². The van der Waals surface area contributed by atoms with Crippen LogP contribution in [0.2, 0.25) is 0 Å². The topological polar surface area (TPSA) is 87.9 Å². The molecule has 17 heavy (non-hydrogen) atoms. The Balaban J connectivity index is 2.03. The minimum atomic E-state index is -0.602. The summed E-state index contributed by atoms with van der Waals surface area (Å²) < 4.78 is 0. The lowest BCUT2D eigenvalue weighted by molar-refractivity contribution is -0.133. The predicted octanol–water partition coefficient (Wildman–Crippen LogP) is 0.138. The van der Waals surface area contributed by atoms with Gasteiger partial charge in [-0.3, -0.25) is 9.89 Å². The number of carbonyl (C=O) groups excluding carboxylic acids is 1. The van der Waals surface area contributed by atoms with E-state index < -0.39 is 5.41 Å². The highest BCUT2D eigenvalue weighted by molar-refractivity contribution is 7.80. The van der Waals surface area contributed by atoms with Gasteiger partial charge in [-0.05, 0) is 19.8 Å². The monoisotopic (exact) mass is 253 g/mol. The Labute approximate surface area is 105 Å². The maximum Gasteiger partial charge on any atom is 0.235 e. The van der Waals surface area contributed by atoms with Gasteiger partial charge in [-0.25, -0.2) is 4.98 Å². The van der Waals surface area contributed by atoms with Gasteiger partial charge in [0.2, 0.25) is 5.91 Å². The maximum absolute atomic E-state index is 12.2. The number of amides is 1. The highest BCUT2D eigenvalue weighted by Gasteiger charge is 2.53. The third-order valence-electron chi connectivity index (χ3n) is 3.00. The highest BCUT2D eigenvalue weighted by atomic mass is 32.1. The van der Waals surface area contributed by atoms with Gasteiger partial charge < -0.3 is 10.6 Å². The summed E-state index contributed by atoms with van der Waals surface area (Å²) >= 11 is 4.95. The molecule has 6 nitrogen and oxygen atoms in total. The minimum Gasteiger partial charge on any atom is -0.392 e. The summed E-state index contributed by atoms with van der Waals surface area (Å²) in [6, 6.07) is 0. The molecule has 1 aliphatic rings. The normalized spacial score (nSPS) is 16.6. The number of carbonyl (C=O) groups is 1. The molecule has 1 saturated carbocycles. The van der Waals surface area contributed by atoms with E-state index in [4.69, 9.17) is 18.0 Å². The number of aromatic amines is 1. The van der Waals surface area contributed by atoms with Crippen LogP contribution < -0.4 is 5.73 Å². The van der Waals surface area contributed by atoms with E-state index in [0.29, 0.717) is 17.4 Å². The van der Waals surface area contributed by atoms with Gasteiger partial charge in [-0.2, -0.15) is 5.10 Å². The zero-order chi connectivity index (χ0) is 12.6. The van der Waals surface area contributed by atoms with E-state index in [0.717, 1.165) is 18.7 Å². The van der Waals surface area contributed by atoms with Crippen LogP contribution in [0.5, 0.6) is 0 Å². The summed E-state index contributed by atoms with van der Waals surface area (Å²) in [4.78, 5) is 18.2. The van der Waals surface area contributed by atoms with Crippen molar-refractivity contribution in [2.45, 2.75) is 26.3 Å². The number of nitrogens with two attached hydrogens (primary N) is 1. The second-order valence-electron chi connectivity index (χ2n) is 4.44. The van der Waals surface area contributed by atoms with Crippen molar-refractivity contribution in [2.24, 2.45) is 11.1 Å². The number of aryl methyl sites for hydroxylation is 1. The highest BCUT2D eigenvalue weighted by Crippen LogP contribution is 2.47. The molecule has 1 amide bonds. The Morgan fingerprint density at radius 1 is 1.65 bits per heavy atom. The number of hydrogen-bond acceptors (Lipinski definition) is 4. The van der Waals surface area contributed by atoms with Gasteiger partial charge in [0.1, 0.15) is 5.82 Å². The Kier molecular flexibility index (Phi) is 2.86. The number of nitrogens with one attached hydrogen (secondary N) is 1. The van der Waals surface area contributed by atoms with E-state index in [2.05, 4.69) is 15.2 Å². The standard InChI is InChI=1S/C10H15N5OS/c1-6-12-7(14-13-6)5-15(2)9(16)10(3-4-10)8(11)17/h3-5H2,1-2H3,(H2,11,17)(H,12,13,14). The Morgan fingerprint density at radius 3 is 2.71 bits per heavy atom. The molecule has 0 unspecified atom stereocenters. The van der Waals surface area contributed by atoms with Crippen LogP contribution in [0.1, 0.15) is 24.5 Å². The molecule has 1 heterocycles. The molecule has 0 atom stereocenters. The molecule has 7 heteroatoms. The lowest BCUT2D eigenvalue weighted by atomic mass is 10.1. The summed E-state index contributed by atoms with van der Waals surface area (Å²) in [6.07, 6.45) is 1.50. The average molecular weight is 253 g/mol. The van der Waals surface area contributed by atoms with Crippen LogP contribution in [-0.4, -0.2) is 38.0 Å². The number of nitrogens with zero attached hydrogens (tertiary/aromatic N) is 3. The van der Waals surface area contributed by atoms with Gasteiger partial charge in [0.15, 0.2) is 5.82 Å². The second-order valence-corrected chi connectivity index (χ2v) is 4.88. The van der Waals surface area contributed by atoms with E-state index in [-0.39, 0.29) is 5.91 Å². The van der Waals surface area contributed by atoms with Crippen LogP contribution in [0.25, 0.3) is 0 Å². The molecule has 1 aromatic heterocycles. The van der Waals surface area contributed by atoms with Crippen LogP contribution in [0.4, 0.5) is 0 Å². The van der Waals surface area contributed by atoms with Gasteiger partial charge in [0.25, 0.3) is 0 Å². The maximum atomic E-state index is 12.2. The van der Waals surface area contributed by atoms with Crippen LogP contribution in [-0.2, 0) is 11.3 Å². The minimum absolute atomic E-state index is 0.0348. The summed E-state index contributed by atoms with van der Waals surface area (Å²) in [5.41, 5.74) is 5.01. The largest absolute Gasteiger partial charge is 0.392 e. The van der Waals surface area contributed by atoms with E-state index in [1.165, 1.54) is 0 Å². The summed E-state index contributed by atoms with van der Waals surface area (Å²) in [6.45, 7) is 2.18. The van der Waals surface area contributed by atoms with Crippen molar-refractivity contribution in [3.63, 3.8) is 0 Å². The molecule has 0 radical (unpaired) electrons. The fraction of sp³-hybridized carbons (Fsp3) is 0.600. The Bertz CT molecular complexity index is 465. The molecule has 0 spiro atoms. The van der Waals surface area contributed by atoms with Gasteiger partial charge in [0.05, 0.1) is 16.9 Å². The Hall–Kier alpha value is -1.50. The molecule has 0 saturated heterocycles. The first kappa shape index (κ1) is 12.0. The molecular weight excluding hydrogens is 238 g/mol. The fourth-order valence-corrected chi connectivity index (χ4v) is 2.09. The fourth-order valence-electron chi connectivity index (χ4n) is 1.80. The zero-order valence-corrected chi connectivity index (χ0v) is 10.7. The molecule has 0 aromatic carbocycles. The first-order valence-corrected chi connectivity index (χ1v) is 5.80. The van der Waals surface area contributed by atoms with Crippen molar-refractivity contribution >= 4 is 23.1 Å². The van der Waals surface area contributed by atoms with E-state index in [1.54, 1.807) is 11.9 Å². The van der Waals surface area contributed by atoms with Crippen LogP contribution in [0, 0.1) is 12.3 Å². The SMILES string of the molecule is Cc1nc(CN(C)C(=O)C2(C(N)=S)CC2)n[nH]1. The number of thiocarbonyl (C=S) groups is 1. The molecule has 0 bridgehead atoms.